The second-order valence-electron chi connectivity index (χ2n) is 5.51. The van der Waals surface area contributed by atoms with Crippen molar-refractivity contribution in [2.75, 3.05) is 27.3 Å². The van der Waals surface area contributed by atoms with Crippen LogP contribution in [0.3, 0.4) is 0 Å². The molecule has 23 heavy (non-hydrogen) atoms. The summed E-state index contributed by atoms with van der Waals surface area (Å²) >= 11 is 0. The van der Waals surface area contributed by atoms with Crippen molar-refractivity contribution in [3.8, 4) is 22.6 Å². The highest BCUT2D eigenvalue weighted by molar-refractivity contribution is 5.95. The highest BCUT2D eigenvalue weighted by Crippen LogP contribution is 2.33. The number of β-amino-alcohol motifs (C(OH)–C–C–N with tert-alkyl or cyclic N) is 1. The summed E-state index contributed by atoms with van der Waals surface area (Å²) in [6, 6.07) is 13.0. The molecule has 1 aliphatic rings. The molecule has 0 bridgehead atoms. The van der Waals surface area contributed by atoms with Gasteiger partial charge in [-0.1, -0.05) is 12.1 Å². The molecule has 0 saturated carbocycles. The van der Waals surface area contributed by atoms with Gasteiger partial charge in [0, 0.05) is 24.2 Å². The van der Waals surface area contributed by atoms with Gasteiger partial charge in [-0.3, -0.25) is 4.79 Å². The van der Waals surface area contributed by atoms with E-state index in [-0.39, 0.29) is 12.0 Å². The monoisotopic (exact) mass is 313 g/mol. The number of ether oxygens (including phenoxy) is 2. The third kappa shape index (κ3) is 3.00. The first-order valence-corrected chi connectivity index (χ1v) is 7.42. The fourth-order valence-electron chi connectivity index (χ4n) is 2.64. The van der Waals surface area contributed by atoms with Crippen LogP contribution in [0.25, 0.3) is 11.1 Å². The summed E-state index contributed by atoms with van der Waals surface area (Å²) in [5.74, 6) is 1.44. The molecule has 2 aromatic rings. The van der Waals surface area contributed by atoms with Crippen LogP contribution in [0.5, 0.6) is 11.5 Å². The van der Waals surface area contributed by atoms with Gasteiger partial charge in [0.1, 0.15) is 11.5 Å². The molecular weight excluding hydrogens is 294 g/mol. The van der Waals surface area contributed by atoms with Crippen molar-refractivity contribution < 1.29 is 19.4 Å². The van der Waals surface area contributed by atoms with E-state index in [1.165, 1.54) is 0 Å². The predicted octanol–water partition coefficient (Wildman–Crippen LogP) is 2.19. The first-order valence-electron chi connectivity index (χ1n) is 7.42. The second kappa shape index (κ2) is 6.30. The summed E-state index contributed by atoms with van der Waals surface area (Å²) in [5, 5.41) is 9.29. The highest BCUT2D eigenvalue weighted by atomic mass is 16.5. The summed E-state index contributed by atoms with van der Waals surface area (Å²) in [6.45, 7) is 0.814. The van der Waals surface area contributed by atoms with Crippen LogP contribution >= 0.6 is 0 Å². The van der Waals surface area contributed by atoms with E-state index in [0.717, 1.165) is 22.6 Å². The maximum atomic E-state index is 12.2. The lowest BCUT2D eigenvalue weighted by molar-refractivity contribution is 0.00590. The van der Waals surface area contributed by atoms with Gasteiger partial charge in [-0.2, -0.15) is 0 Å². The Hall–Kier alpha value is -2.53. The van der Waals surface area contributed by atoms with E-state index >= 15 is 0 Å². The Labute approximate surface area is 135 Å². The lowest BCUT2D eigenvalue weighted by Crippen LogP contribution is -2.53. The molecule has 5 heteroatoms. The van der Waals surface area contributed by atoms with Crippen molar-refractivity contribution in [1.29, 1.82) is 0 Å². The third-order valence-corrected chi connectivity index (χ3v) is 4.00. The van der Waals surface area contributed by atoms with Crippen LogP contribution in [0, 0.1) is 0 Å². The zero-order chi connectivity index (χ0) is 16.4. The van der Waals surface area contributed by atoms with Gasteiger partial charge in [-0.15, -0.1) is 0 Å². The maximum Gasteiger partial charge on any atom is 0.254 e. The van der Waals surface area contributed by atoms with Gasteiger partial charge >= 0.3 is 0 Å². The molecule has 3 rings (SSSR count). The number of benzene rings is 2. The number of methoxy groups -OCH3 is 2. The fourth-order valence-corrected chi connectivity index (χ4v) is 2.64. The number of amides is 1. The minimum Gasteiger partial charge on any atom is -0.497 e. The van der Waals surface area contributed by atoms with Crippen LogP contribution in [0.1, 0.15) is 10.4 Å². The largest absolute Gasteiger partial charge is 0.497 e. The number of likely N-dealkylation sites (tertiary alicyclic amines) is 1. The minimum absolute atomic E-state index is 0.0561. The van der Waals surface area contributed by atoms with Gasteiger partial charge in [-0.25, -0.2) is 0 Å². The first kappa shape index (κ1) is 15.4. The number of carbonyl (C=O) groups excluding carboxylic acids is 1. The lowest BCUT2D eigenvalue weighted by Gasteiger charge is -2.35. The fraction of sp³-hybridized carbons (Fsp3) is 0.278. The summed E-state index contributed by atoms with van der Waals surface area (Å²) in [4.78, 5) is 13.8. The molecule has 1 aliphatic heterocycles. The molecule has 120 valence electrons. The van der Waals surface area contributed by atoms with Gasteiger partial charge in [0.05, 0.1) is 20.3 Å². The molecule has 0 unspecified atom stereocenters. The average Bonchev–Trinajstić information content (AvgIpc) is 2.58. The van der Waals surface area contributed by atoms with Gasteiger partial charge in [-0.05, 0) is 35.9 Å². The molecule has 1 heterocycles. The number of nitrogens with zero attached hydrogens (tertiary/aromatic N) is 1. The molecular formula is C18H19NO4. The number of aliphatic hydroxyl groups excluding tert-OH is 1. The molecule has 0 atom stereocenters. The van der Waals surface area contributed by atoms with Gasteiger partial charge < -0.3 is 19.5 Å². The van der Waals surface area contributed by atoms with Crippen molar-refractivity contribution >= 4 is 5.91 Å². The summed E-state index contributed by atoms with van der Waals surface area (Å²) in [7, 11) is 3.24. The molecule has 0 spiro atoms. The van der Waals surface area contributed by atoms with Crippen LogP contribution in [-0.2, 0) is 0 Å². The van der Waals surface area contributed by atoms with Crippen LogP contribution in [0.4, 0.5) is 0 Å². The first-order chi connectivity index (χ1) is 11.1. The second-order valence-corrected chi connectivity index (χ2v) is 5.51. The topological polar surface area (TPSA) is 59.0 Å². The molecule has 1 saturated heterocycles. The van der Waals surface area contributed by atoms with Crippen LogP contribution < -0.4 is 9.47 Å². The van der Waals surface area contributed by atoms with Crippen molar-refractivity contribution in [2.45, 2.75) is 6.10 Å². The summed E-state index contributed by atoms with van der Waals surface area (Å²) in [5.41, 5.74) is 2.47. The number of aliphatic hydroxyl groups is 1. The Morgan fingerprint density at radius 2 is 1.78 bits per heavy atom. The van der Waals surface area contributed by atoms with Crippen LogP contribution in [-0.4, -0.2) is 49.3 Å². The zero-order valence-electron chi connectivity index (χ0n) is 13.2. The Bertz CT molecular complexity index is 705. The van der Waals surface area contributed by atoms with Crippen molar-refractivity contribution in [2.24, 2.45) is 0 Å². The Morgan fingerprint density at radius 3 is 2.35 bits per heavy atom. The number of hydrogen-bond donors (Lipinski definition) is 1. The van der Waals surface area contributed by atoms with Gasteiger partial charge in [0.15, 0.2) is 0 Å². The van der Waals surface area contributed by atoms with Crippen LogP contribution in [0.2, 0.25) is 0 Å². The maximum absolute atomic E-state index is 12.2. The smallest absolute Gasteiger partial charge is 0.254 e. The van der Waals surface area contributed by atoms with Crippen molar-refractivity contribution in [3.05, 3.63) is 48.0 Å². The van der Waals surface area contributed by atoms with E-state index < -0.39 is 0 Å². The van der Waals surface area contributed by atoms with E-state index in [2.05, 4.69) is 0 Å². The molecule has 1 fully saturated rings. The van der Waals surface area contributed by atoms with Gasteiger partial charge in [0.2, 0.25) is 0 Å². The summed E-state index contributed by atoms with van der Waals surface area (Å²) in [6.07, 6.45) is -0.390. The molecule has 1 N–H and O–H groups in total. The molecule has 1 amide bonds. The SMILES string of the molecule is COc1ccc(OC)c(-c2ccc(C(=O)N3CC(O)C3)cc2)c1. The van der Waals surface area contributed by atoms with E-state index in [0.29, 0.717) is 18.7 Å². The predicted molar refractivity (Wildman–Crippen MR) is 86.9 cm³/mol. The van der Waals surface area contributed by atoms with Crippen molar-refractivity contribution in [1.82, 2.24) is 4.90 Å². The van der Waals surface area contributed by atoms with E-state index in [4.69, 9.17) is 9.47 Å². The zero-order valence-corrected chi connectivity index (χ0v) is 13.2. The molecule has 0 aromatic heterocycles. The number of rotatable bonds is 4. The Morgan fingerprint density at radius 1 is 1.09 bits per heavy atom. The van der Waals surface area contributed by atoms with E-state index in [1.54, 1.807) is 31.3 Å². The molecule has 0 aliphatic carbocycles. The average molecular weight is 313 g/mol. The Kier molecular flexibility index (Phi) is 4.21. The molecule has 2 aromatic carbocycles. The van der Waals surface area contributed by atoms with Crippen molar-refractivity contribution in [3.63, 3.8) is 0 Å². The quantitative estimate of drug-likeness (QED) is 0.940. The lowest BCUT2D eigenvalue weighted by atomic mass is 10.0. The molecule has 0 radical (unpaired) electrons. The highest BCUT2D eigenvalue weighted by Gasteiger charge is 2.29. The summed E-state index contributed by atoms with van der Waals surface area (Å²) < 4.78 is 10.7. The minimum atomic E-state index is -0.390. The standard InChI is InChI=1S/C18H19NO4/c1-22-15-7-8-17(23-2)16(9-15)12-3-5-13(6-4-12)18(21)19-10-14(20)11-19/h3-9,14,20H,10-11H2,1-2H3. The van der Waals surface area contributed by atoms with Crippen LogP contribution in [0.15, 0.2) is 42.5 Å². The van der Waals surface area contributed by atoms with E-state index in [9.17, 15) is 9.90 Å². The van der Waals surface area contributed by atoms with E-state index in [1.807, 2.05) is 30.3 Å². The normalized spacial score (nSPS) is 14.3. The Balaban J connectivity index is 1.86. The third-order valence-electron chi connectivity index (χ3n) is 4.00. The number of carbonyl (C=O) groups is 1. The number of hydrogen-bond acceptors (Lipinski definition) is 4. The van der Waals surface area contributed by atoms with Gasteiger partial charge in [0.25, 0.3) is 5.91 Å². The molecule has 5 nitrogen and oxygen atoms in total.